The molecular weight excluding hydrogens is 189 g/mol. The van der Waals surface area contributed by atoms with Crippen molar-refractivity contribution in [3.8, 4) is 0 Å². The van der Waals surface area contributed by atoms with Crippen LogP contribution in [0.5, 0.6) is 0 Å². The maximum absolute atomic E-state index is 3.99. The lowest BCUT2D eigenvalue weighted by atomic mass is 10.6. The van der Waals surface area contributed by atoms with Gasteiger partial charge in [-0.1, -0.05) is 22.6 Å². The van der Waals surface area contributed by atoms with Gasteiger partial charge >= 0.3 is 0 Å². The van der Waals surface area contributed by atoms with Crippen LogP contribution in [0.25, 0.3) is 0 Å². The summed E-state index contributed by atoms with van der Waals surface area (Å²) in [5, 5.41) is 0. The molecule has 0 saturated carbocycles. The van der Waals surface area contributed by atoms with Crippen molar-refractivity contribution in [2.75, 3.05) is 0 Å². The molecule has 0 aromatic carbocycles. The van der Waals surface area contributed by atoms with Crippen molar-refractivity contribution in [2.45, 2.75) is 4.05 Å². The van der Waals surface area contributed by atoms with E-state index >= 15 is 0 Å². The van der Waals surface area contributed by atoms with Gasteiger partial charge in [0, 0.05) is 6.21 Å². The third kappa shape index (κ3) is 0.801. The third-order valence-electron chi connectivity index (χ3n) is 0.584. The van der Waals surface area contributed by atoms with Crippen LogP contribution < -0.4 is 0 Å². The van der Waals surface area contributed by atoms with Gasteiger partial charge < -0.3 is 0 Å². The highest BCUT2D eigenvalue weighted by atomic mass is 127. The Morgan fingerprint density at radius 2 is 2.50 bits per heavy atom. The Kier molecular flexibility index (Phi) is 1.24. The molecule has 0 fully saturated rings. The summed E-state index contributed by atoms with van der Waals surface area (Å²) in [6.07, 6.45) is 5.81. The highest BCUT2D eigenvalue weighted by Gasteiger charge is 1.92. The fraction of sp³-hybridized carbons (Fsp3) is 0.250. The van der Waals surface area contributed by atoms with Crippen LogP contribution in [0.2, 0.25) is 0 Å². The second kappa shape index (κ2) is 1.73. The third-order valence-corrected chi connectivity index (χ3v) is 1.32. The first kappa shape index (κ1) is 4.30. The van der Waals surface area contributed by atoms with Gasteiger partial charge in [-0.3, -0.25) is 4.99 Å². The lowest BCUT2D eigenvalue weighted by molar-refractivity contribution is 1.25. The lowest BCUT2D eigenvalue weighted by Crippen LogP contribution is -1.75. The summed E-state index contributed by atoms with van der Waals surface area (Å²) >= 11 is 2.25. The molecule has 6 heavy (non-hydrogen) atoms. The topological polar surface area (TPSA) is 12.4 Å². The minimum Gasteiger partial charge on any atom is -0.275 e. The molecule has 1 unspecified atom stereocenters. The Labute approximate surface area is 50.3 Å². The molecule has 1 atom stereocenters. The van der Waals surface area contributed by atoms with E-state index in [1.165, 1.54) is 0 Å². The van der Waals surface area contributed by atoms with Crippen molar-refractivity contribution in [3.63, 3.8) is 0 Å². The van der Waals surface area contributed by atoms with Gasteiger partial charge in [-0.2, -0.15) is 0 Å². The van der Waals surface area contributed by atoms with Gasteiger partial charge in [-0.15, -0.1) is 0 Å². The molecule has 1 heterocycles. The molecule has 32 valence electrons. The number of nitrogens with zero attached hydrogens (tertiary/aromatic N) is 1. The van der Waals surface area contributed by atoms with Gasteiger partial charge in [-0.05, 0) is 12.2 Å². The summed E-state index contributed by atoms with van der Waals surface area (Å²) in [5.41, 5.74) is 0. The van der Waals surface area contributed by atoms with Gasteiger partial charge in [0.1, 0.15) is 4.05 Å². The molecule has 0 radical (unpaired) electrons. The van der Waals surface area contributed by atoms with Crippen LogP contribution >= 0.6 is 22.6 Å². The Hall–Kier alpha value is 0.140. The zero-order valence-corrected chi connectivity index (χ0v) is 5.29. The van der Waals surface area contributed by atoms with Crippen molar-refractivity contribution >= 4 is 28.8 Å². The van der Waals surface area contributed by atoms with E-state index in [1.807, 2.05) is 18.4 Å². The van der Waals surface area contributed by atoms with Crippen molar-refractivity contribution in [3.05, 3.63) is 12.2 Å². The van der Waals surface area contributed by atoms with Crippen molar-refractivity contribution in [2.24, 2.45) is 4.99 Å². The van der Waals surface area contributed by atoms with E-state index in [2.05, 4.69) is 27.6 Å². The van der Waals surface area contributed by atoms with Gasteiger partial charge in [0.05, 0.1) is 0 Å². The van der Waals surface area contributed by atoms with Gasteiger partial charge in [0.15, 0.2) is 0 Å². The maximum atomic E-state index is 3.99. The first-order valence-corrected chi connectivity index (χ1v) is 2.98. The summed E-state index contributed by atoms with van der Waals surface area (Å²) in [7, 11) is 0. The van der Waals surface area contributed by atoms with Crippen LogP contribution in [0, 0.1) is 0 Å². The smallest absolute Gasteiger partial charge is 0.119 e. The summed E-state index contributed by atoms with van der Waals surface area (Å²) in [5.74, 6) is 0. The van der Waals surface area contributed by atoms with Gasteiger partial charge in [0.2, 0.25) is 0 Å². The molecule has 0 aliphatic carbocycles. The summed E-state index contributed by atoms with van der Waals surface area (Å²) < 4.78 is 0.405. The Morgan fingerprint density at radius 3 is 2.67 bits per heavy atom. The van der Waals surface area contributed by atoms with Crippen molar-refractivity contribution in [1.29, 1.82) is 0 Å². The zero-order chi connectivity index (χ0) is 4.41. The number of halogens is 1. The molecule has 1 aliphatic rings. The number of allylic oxidation sites excluding steroid dienone is 1. The van der Waals surface area contributed by atoms with Crippen LogP contribution in [-0.2, 0) is 0 Å². The predicted octanol–water partition coefficient (Wildman–Crippen LogP) is 1.39. The van der Waals surface area contributed by atoms with Crippen LogP contribution in [0.3, 0.4) is 0 Å². The largest absolute Gasteiger partial charge is 0.275 e. The first-order chi connectivity index (χ1) is 2.89. The number of hydrogen-bond donors (Lipinski definition) is 0. The Bertz CT molecular complexity index is 83.7. The summed E-state index contributed by atoms with van der Waals surface area (Å²) in [4.78, 5) is 3.99. The van der Waals surface area contributed by atoms with Crippen LogP contribution in [-0.4, -0.2) is 10.3 Å². The minimum absolute atomic E-state index is 0.405. The predicted molar refractivity (Wildman–Crippen MR) is 35.4 cm³/mol. The molecule has 0 saturated heterocycles. The summed E-state index contributed by atoms with van der Waals surface area (Å²) in [6, 6.07) is 0. The molecule has 0 spiro atoms. The zero-order valence-electron chi connectivity index (χ0n) is 3.13. The normalized spacial score (nSPS) is 29.2. The molecule has 2 heteroatoms. The van der Waals surface area contributed by atoms with Crippen LogP contribution in [0.15, 0.2) is 17.1 Å². The molecular formula is C4H4IN. The van der Waals surface area contributed by atoms with E-state index in [0.29, 0.717) is 4.05 Å². The van der Waals surface area contributed by atoms with Crippen LogP contribution in [0.1, 0.15) is 0 Å². The monoisotopic (exact) mass is 193 g/mol. The van der Waals surface area contributed by atoms with Crippen molar-refractivity contribution in [1.82, 2.24) is 0 Å². The Balaban J connectivity index is 2.60. The summed E-state index contributed by atoms with van der Waals surface area (Å²) in [6.45, 7) is 0. The number of hydrogen-bond acceptors (Lipinski definition) is 1. The highest BCUT2D eigenvalue weighted by Crippen LogP contribution is 2.06. The molecule has 0 N–H and O–H groups in total. The van der Waals surface area contributed by atoms with E-state index in [4.69, 9.17) is 0 Å². The molecule has 1 rings (SSSR count). The van der Waals surface area contributed by atoms with Gasteiger partial charge in [0.25, 0.3) is 0 Å². The van der Waals surface area contributed by atoms with Crippen molar-refractivity contribution < 1.29 is 0 Å². The van der Waals surface area contributed by atoms with E-state index in [1.54, 1.807) is 0 Å². The first-order valence-electron chi connectivity index (χ1n) is 1.73. The average Bonchev–Trinajstić information content (AvgIpc) is 1.86. The second-order valence-corrected chi connectivity index (χ2v) is 2.33. The minimum atomic E-state index is 0.405. The van der Waals surface area contributed by atoms with Crippen LogP contribution in [0.4, 0.5) is 0 Å². The maximum Gasteiger partial charge on any atom is 0.119 e. The quantitative estimate of drug-likeness (QED) is 0.313. The van der Waals surface area contributed by atoms with E-state index in [9.17, 15) is 0 Å². The van der Waals surface area contributed by atoms with Gasteiger partial charge in [-0.25, -0.2) is 0 Å². The second-order valence-electron chi connectivity index (χ2n) is 1.06. The average molecular weight is 193 g/mol. The van der Waals surface area contributed by atoms with E-state index in [-0.39, 0.29) is 0 Å². The fourth-order valence-corrected chi connectivity index (χ4v) is 0.748. The molecule has 0 amide bonds. The molecule has 1 nitrogen and oxygen atoms in total. The fourth-order valence-electron chi connectivity index (χ4n) is 0.323. The molecule has 0 bridgehead atoms. The molecule has 0 aromatic heterocycles. The number of rotatable bonds is 0. The lowest BCUT2D eigenvalue weighted by Gasteiger charge is -1.81. The number of alkyl halides is 1. The number of aliphatic imine (C=N–C) groups is 1. The van der Waals surface area contributed by atoms with E-state index < -0.39 is 0 Å². The standard InChI is InChI=1S/C4H4IN/c5-4-2-1-3-6-4/h1-4H. The highest BCUT2D eigenvalue weighted by molar-refractivity contribution is 14.1. The molecule has 1 aliphatic heterocycles. The molecule has 0 aromatic rings. The Morgan fingerprint density at radius 1 is 1.67 bits per heavy atom. The SMILES string of the molecule is IC1C=CC=N1. The van der Waals surface area contributed by atoms with E-state index in [0.717, 1.165) is 0 Å².